The normalized spacial score (nSPS) is 11.8. The molecule has 3 heterocycles. The molecule has 0 aliphatic carbocycles. The molecule has 41 heavy (non-hydrogen) atoms. The zero-order valence-corrected chi connectivity index (χ0v) is 24.2. The number of nitrogens with zero attached hydrogens (tertiary/aromatic N) is 3. The van der Waals surface area contributed by atoms with Crippen molar-refractivity contribution in [3.63, 3.8) is 0 Å². The topological polar surface area (TPSA) is 112 Å². The molecule has 10 heteroatoms. The van der Waals surface area contributed by atoms with Gasteiger partial charge in [0.1, 0.15) is 5.60 Å². The number of benzene rings is 2. The molecule has 0 saturated carbocycles. The van der Waals surface area contributed by atoms with Crippen molar-refractivity contribution in [1.29, 1.82) is 0 Å². The standard InChI is InChI=1S/C31H30N4O5S/c1-20-9-11-25(12-10-20)41(37,38)35-19-27(22-13-14-32-28(17-22)39-5)26-16-23(18-33-29(26)35)21-7-6-8-24(15-21)34-30(36)40-31(2,3)4/h6-19H,1-5H3,(H,34,36). The van der Waals surface area contributed by atoms with E-state index in [1.165, 1.54) is 11.1 Å². The maximum absolute atomic E-state index is 13.8. The van der Waals surface area contributed by atoms with E-state index < -0.39 is 21.7 Å². The molecule has 0 unspecified atom stereocenters. The molecular formula is C31H30N4O5S. The molecule has 0 atom stereocenters. The number of pyridine rings is 2. The van der Waals surface area contributed by atoms with Crippen molar-refractivity contribution in [3.05, 3.63) is 90.9 Å². The highest BCUT2D eigenvalue weighted by Gasteiger charge is 2.24. The number of fused-ring (bicyclic) bond motifs is 1. The summed E-state index contributed by atoms with van der Waals surface area (Å²) in [5.41, 5.74) is 4.04. The molecule has 0 saturated heterocycles. The second-order valence-corrected chi connectivity index (χ2v) is 12.4. The van der Waals surface area contributed by atoms with E-state index in [2.05, 4.69) is 15.3 Å². The van der Waals surface area contributed by atoms with Gasteiger partial charge in [-0.2, -0.15) is 0 Å². The van der Waals surface area contributed by atoms with Crippen LogP contribution in [0.4, 0.5) is 10.5 Å². The van der Waals surface area contributed by atoms with Gasteiger partial charge < -0.3 is 9.47 Å². The molecule has 2 aromatic carbocycles. The Morgan fingerprint density at radius 3 is 2.39 bits per heavy atom. The van der Waals surface area contributed by atoms with Crippen LogP contribution in [0.3, 0.4) is 0 Å². The number of amides is 1. The summed E-state index contributed by atoms with van der Waals surface area (Å²) in [5.74, 6) is 0.398. The van der Waals surface area contributed by atoms with E-state index in [1.54, 1.807) is 81.8 Å². The van der Waals surface area contributed by atoms with Crippen molar-refractivity contribution in [2.75, 3.05) is 12.4 Å². The lowest BCUT2D eigenvalue weighted by Crippen LogP contribution is -2.27. The van der Waals surface area contributed by atoms with E-state index in [0.717, 1.165) is 22.3 Å². The van der Waals surface area contributed by atoms with Crippen LogP contribution in [0.15, 0.2) is 90.2 Å². The quantitative estimate of drug-likeness (QED) is 0.243. The smallest absolute Gasteiger partial charge is 0.412 e. The van der Waals surface area contributed by atoms with E-state index in [9.17, 15) is 13.2 Å². The van der Waals surface area contributed by atoms with Crippen LogP contribution < -0.4 is 10.1 Å². The highest BCUT2D eigenvalue weighted by atomic mass is 32.2. The molecule has 5 aromatic rings. The van der Waals surface area contributed by atoms with Gasteiger partial charge in [-0.25, -0.2) is 27.2 Å². The summed E-state index contributed by atoms with van der Waals surface area (Å²) >= 11 is 0. The molecule has 3 aromatic heterocycles. The van der Waals surface area contributed by atoms with Crippen LogP contribution in [0.1, 0.15) is 26.3 Å². The number of carbonyl (C=O) groups is 1. The lowest BCUT2D eigenvalue weighted by molar-refractivity contribution is 0.0636. The molecule has 1 N–H and O–H groups in total. The van der Waals surface area contributed by atoms with Crippen molar-refractivity contribution in [3.8, 4) is 28.1 Å². The molecule has 0 spiro atoms. The number of anilines is 1. The Kier molecular flexibility index (Phi) is 7.27. The van der Waals surface area contributed by atoms with Gasteiger partial charge in [0, 0.05) is 46.9 Å². The zero-order chi connectivity index (χ0) is 29.4. The van der Waals surface area contributed by atoms with Gasteiger partial charge >= 0.3 is 6.09 Å². The van der Waals surface area contributed by atoms with Crippen LogP contribution >= 0.6 is 0 Å². The SMILES string of the molecule is COc1cc(-c2cn(S(=O)(=O)c3ccc(C)cc3)c3ncc(-c4cccc(NC(=O)OC(C)(C)C)c4)cc23)ccn1. The first kappa shape index (κ1) is 27.9. The summed E-state index contributed by atoms with van der Waals surface area (Å²) in [5, 5.41) is 3.38. The van der Waals surface area contributed by atoms with Crippen LogP contribution in [-0.2, 0) is 14.8 Å². The third-order valence-corrected chi connectivity index (χ3v) is 7.95. The van der Waals surface area contributed by atoms with Crippen LogP contribution in [0.2, 0.25) is 0 Å². The minimum absolute atomic E-state index is 0.158. The first-order valence-corrected chi connectivity index (χ1v) is 14.3. The number of nitrogens with one attached hydrogen (secondary N) is 1. The van der Waals surface area contributed by atoms with E-state index in [0.29, 0.717) is 22.5 Å². The number of methoxy groups -OCH3 is 1. The average Bonchev–Trinajstić information content (AvgIpc) is 3.32. The van der Waals surface area contributed by atoms with Crippen molar-refractivity contribution in [2.24, 2.45) is 0 Å². The van der Waals surface area contributed by atoms with Crippen molar-refractivity contribution in [2.45, 2.75) is 38.2 Å². The Bertz CT molecular complexity index is 1860. The van der Waals surface area contributed by atoms with Crippen LogP contribution in [-0.4, -0.2) is 41.2 Å². The number of ether oxygens (including phenoxy) is 2. The summed E-state index contributed by atoms with van der Waals surface area (Å²) < 4.78 is 39.4. The average molecular weight is 571 g/mol. The van der Waals surface area contributed by atoms with E-state index >= 15 is 0 Å². The van der Waals surface area contributed by atoms with Crippen LogP contribution in [0.5, 0.6) is 5.88 Å². The predicted octanol–water partition coefficient (Wildman–Crippen LogP) is 6.67. The largest absolute Gasteiger partial charge is 0.481 e. The number of carbonyl (C=O) groups excluding carboxylic acids is 1. The molecule has 0 bridgehead atoms. The first-order chi connectivity index (χ1) is 19.4. The number of rotatable bonds is 6. The zero-order valence-electron chi connectivity index (χ0n) is 23.4. The Balaban J connectivity index is 1.64. The minimum Gasteiger partial charge on any atom is -0.481 e. The van der Waals surface area contributed by atoms with Crippen molar-refractivity contribution in [1.82, 2.24) is 13.9 Å². The second-order valence-electron chi connectivity index (χ2n) is 10.5. The van der Waals surface area contributed by atoms with Gasteiger partial charge in [0.15, 0.2) is 5.65 Å². The Morgan fingerprint density at radius 1 is 0.927 bits per heavy atom. The molecule has 1 amide bonds. The van der Waals surface area contributed by atoms with Gasteiger partial charge in [0.05, 0.1) is 12.0 Å². The second kappa shape index (κ2) is 10.7. The third kappa shape index (κ3) is 5.92. The van der Waals surface area contributed by atoms with E-state index in [1.807, 2.05) is 31.2 Å². The predicted molar refractivity (Wildman–Crippen MR) is 159 cm³/mol. The van der Waals surface area contributed by atoms with E-state index in [-0.39, 0.29) is 10.5 Å². The summed E-state index contributed by atoms with van der Waals surface area (Å²) in [7, 11) is -2.43. The van der Waals surface area contributed by atoms with Gasteiger partial charge in [-0.1, -0.05) is 29.8 Å². The fourth-order valence-corrected chi connectivity index (χ4v) is 5.69. The van der Waals surface area contributed by atoms with Crippen molar-refractivity contribution < 1.29 is 22.7 Å². The highest BCUT2D eigenvalue weighted by molar-refractivity contribution is 7.90. The lowest BCUT2D eigenvalue weighted by Gasteiger charge is -2.19. The first-order valence-electron chi connectivity index (χ1n) is 12.9. The molecule has 9 nitrogen and oxygen atoms in total. The highest BCUT2D eigenvalue weighted by Crippen LogP contribution is 2.36. The number of hydrogen-bond donors (Lipinski definition) is 1. The summed E-state index contributed by atoms with van der Waals surface area (Å²) in [4.78, 5) is 21.3. The molecule has 5 rings (SSSR count). The minimum atomic E-state index is -3.95. The maximum atomic E-state index is 13.8. The van der Waals surface area contributed by atoms with Crippen LogP contribution in [0, 0.1) is 6.92 Å². The monoisotopic (exact) mass is 570 g/mol. The Morgan fingerprint density at radius 2 is 1.68 bits per heavy atom. The van der Waals surface area contributed by atoms with Gasteiger partial charge in [-0.15, -0.1) is 0 Å². The fraction of sp³-hybridized carbons (Fsp3) is 0.194. The van der Waals surface area contributed by atoms with Gasteiger partial charge in [0.25, 0.3) is 10.0 Å². The van der Waals surface area contributed by atoms with Crippen LogP contribution in [0.25, 0.3) is 33.3 Å². The number of aryl methyl sites for hydroxylation is 1. The summed E-state index contributed by atoms with van der Waals surface area (Å²) in [6, 6.07) is 19.4. The molecule has 0 aliphatic heterocycles. The Labute approximate surface area is 238 Å². The summed E-state index contributed by atoms with van der Waals surface area (Å²) in [6.45, 7) is 7.29. The van der Waals surface area contributed by atoms with E-state index in [4.69, 9.17) is 9.47 Å². The van der Waals surface area contributed by atoms with Gasteiger partial charge in [-0.3, -0.25) is 5.32 Å². The Hall–Kier alpha value is -4.70. The van der Waals surface area contributed by atoms with Gasteiger partial charge in [0.2, 0.25) is 5.88 Å². The van der Waals surface area contributed by atoms with Gasteiger partial charge in [-0.05, 0) is 75.2 Å². The molecule has 210 valence electrons. The molecule has 0 fully saturated rings. The molecule has 0 radical (unpaired) electrons. The van der Waals surface area contributed by atoms with Crippen molar-refractivity contribution >= 4 is 32.8 Å². The number of aromatic nitrogens is 3. The third-order valence-electron chi connectivity index (χ3n) is 6.29. The molecule has 0 aliphatic rings. The maximum Gasteiger partial charge on any atom is 0.412 e. The summed E-state index contributed by atoms with van der Waals surface area (Å²) in [6.07, 6.45) is 4.24. The lowest BCUT2D eigenvalue weighted by atomic mass is 10.0. The molecular weight excluding hydrogens is 540 g/mol. The number of hydrogen-bond acceptors (Lipinski definition) is 7. The fourth-order valence-electron chi connectivity index (χ4n) is 4.36.